The predicted molar refractivity (Wildman–Crippen MR) is 120 cm³/mol. The molecular formula is C24H21F2N3O3S. The van der Waals surface area contributed by atoms with E-state index in [1.165, 1.54) is 17.4 Å². The van der Waals surface area contributed by atoms with Crippen LogP contribution in [0.25, 0.3) is 0 Å². The van der Waals surface area contributed by atoms with Gasteiger partial charge < -0.3 is 14.6 Å². The summed E-state index contributed by atoms with van der Waals surface area (Å²) >= 11 is 1.29. The highest BCUT2D eigenvalue weighted by molar-refractivity contribution is 7.15. The van der Waals surface area contributed by atoms with Gasteiger partial charge in [0.25, 0.3) is 0 Å². The third-order valence-electron chi connectivity index (χ3n) is 5.01. The van der Waals surface area contributed by atoms with E-state index in [1.807, 2.05) is 38.1 Å². The van der Waals surface area contributed by atoms with Crippen molar-refractivity contribution in [2.45, 2.75) is 33.3 Å². The van der Waals surface area contributed by atoms with Crippen molar-refractivity contribution in [3.05, 3.63) is 93.3 Å². The fourth-order valence-corrected chi connectivity index (χ4v) is 4.08. The highest BCUT2D eigenvalue weighted by Crippen LogP contribution is 2.23. The van der Waals surface area contributed by atoms with Crippen molar-refractivity contribution in [1.82, 2.24) is 10.1 Å². The summed E-state index contributed by atoms with van der Waals surface area (Å²) in [6.07, 6.45) is 2.20. The van der Waals surface area contributed by atoms with Crippen LogP contribution in [-0.2, 0) is 24.2 Å². The van der Waals surface area contributed by atoms with Gasteiger partial charge in [-0.2, -0.15) is 0 Å². The van der Waals surface area contributed by atoms with Crippen molar-refractivity contribution in [3.63, 3.8) is 0 Å². The van der Waals surface area contributed by atoms with E-state index < -0.39 is 11.6 Å². The zero-order chi connectivity index (χ0) is 23.4. The summed E-state index contributed by atoms with van der Waals surface area (Å²) in [7, 11) is 0. The largest absolute Gasteiger partial charge is 0.489 e. The highest BCUT2D eigenvalue weighted by Gasteiger charge is 2.11. The highest BCUT2D eigenvalue weighted by atomic mass is 32.1. The van der Waals surface area contributed by atoms with Gasteiger partial charge in [-0.05, 0) is 49.2 Å². The van der Waals surface area contributed by atoms with E-state index in [2.05, 4.69) is 15.5 Å². The Morgan fingerprint density at radius 1 is 1.09 bits per heavy atom. The van der Waals surface area contributed by atoms with Crippen LogP contribution in [0.2, 0.25) is 0 Å². The lowest BCUT2D eigenvalue weighted by Crippen LogP contribution is -2.14. The van der Waals surface area contributed by atoms with Crippen molar-refractivity contribution in [2.75, 3.05) is 5.32 Å². The van der Waals surface area contributed by atoms with Crippen LogP contribution in [0.3, 0.4) is 0 Å². The first-order chi connectivity index (χ1) is 15.9. The van der Waals surface area contributed by atoms with Gasteiger partial charge in [0, 0.05) is 17.5 Å². The second-order valence-electron chi connectivity index (χ2n) is 7.52. The molecule has 0 unspecified atom stereocenters. The number of benzene rings is 2. The molecule has 1 N–H and O–H groups in total. The molecular weight excluding hydrogens is 448 g/mol. The number of aryl methyl sites for hydroxylation is 2. The lowest BCUT2D eigenvalue weighted by molar-refractivity contribution is -0.115. The first kappa shape index (κ1) is 22.6. The second-order valence-corrected chi connectivity index (χ2v) is 8.63. The number of anilines is 1. The summed E-state index contributed by atoms with van der Waals surface area (Å²) < 4.78 is 37.3. The fourth-order valence-electron chi connectivity index (χ4n) is 3.21. The van der Waals surface area contributed by atoms with E-state index in [1.54, 1.807) is 6.20 Å². The SMILES string of the molecule is Cc1noc(C)c1COc1ccc(CC(=O)Nc2ncc(Cc3ccc(F)c(F)c3)s2)cc1. The summed E-state index contributed by atoms with van der Waals surface area (Å²) in [5.74, 6) is -0.549. The number of nitrogens with zero attached hydrogens (tertiary/aromatic N) is 2. The molecule has 0 radical (unpaired) electrons. The van der Waals surface area contributed by atoms with E-state index in [9.17, 15) is 13.6 Å². The van der Waals surface area contributed by atoms with Gasteiger partial charge in [-0.25, -0.2) is 13.8 Å². The normalized spacial score (nSPS) is 10.9. The predicted octanol–water partition coefficient (Wildman–Crippen LogP) is 5.38. The van der Waals surface area contributed by atoms with Crippen molar-refractivity contribution in [1.29, 1.82) is 0 Å². The topological polar surface area (TPSA) is 77.2 Å². The van der Waals surface area contributed by atoms with Crippen molar-refractivity contribution in [2.24, 2.45) is 0 Å². The van der Waals surface area contributed by atoms with Crippen LogP contribution in [-0.4, -0.2) is 16.0 Å². The average molecular weight is 470 g/mol. The van der Waals surface area contributed by atoms with E-state index in [4.69, 9.17) is 9.26 Å². The first-order valence-corrected chi connectivity index (χ1v) is 11.0. The minimum atomic E-state index is -0.884. The maximum atomic E-state index is 13.4. The summed E-state index contributed by atoms with van der Waals surface area (Å²) in [5, 5.41) is 7.14. The number of hydrogen-bond donors (Lipinski definition) is 1. The lowest BCUT2D eigenvalue weighted by atomic mass is 10.1. The molecule has 2 heterocycles. The number of amides is 1. The van der Waals surface area contributed by atoms with Crippen LogP contribution in [0.4, 0.5) is 13.9 Å². The van der Waals surface area contributed by atoms with Gasteiger partial charge in [0.2, 0.25) is 5.91 Å². The van der Waals surface area contributed by atoms with Crippen LogP contribution in [0.1, 0.15) is 33.0 Å². The number of ether oxygens (including phenoxy) is 1. The lowest BCUT2D eigenvalue weighted by Gasteiger charge is -2.07. The van der Waals surface area contributed by atoms with Crippen molar-refractivity contribution < 1.29 is 22.8 Å². The molecule has 0 aliphatic carbocycles. The molecule has 33 heavy (non-hydrogen) atoms. The molecule has 2 aromatic heterocycles. The monoisotopic (exact) mass is 469 g/mol. The summed E-state index contributed by atoms with van der Waals surface area (Å²) in [5.41, 5.74) is 3.18. The zero-order valence-corrected chi connectivity index (χ0v) is 18.8. The quantitative estimate of drug-likeness (QED) is 0.375. The second kappa shape index (κ2) is 9.91. The van der Waals surface area contributed by atoms with Crippen LogP contribution in [0.15, 0.2) is 53.2 Å². The molecule has 4 rings (SSSR count). The Labute approximate surface area is 193 Å². The summed E-state index contributed by atoms with van der Waals surface area (Å²) in [6, 6.07) is 11.1. The molecule has 170 valence electrons. The summed E-state index contributed by atoms with van der Waals surface area (Å²) in [4.78, 5) is 17.4. The van der Waals surface area contributed by atoms with Gasteiger partial charge >= 0.3 is 0 Å². The van der Waals surface area contributed by atoms with E-state index >= 15 is 0 Å². The van der Waals surface area contributed by atoms with E-state index in [-0.39, 0.29) is 12.3 Å². The standard InChI is InChI=1S/C24H21F2N3O3S/c1-14-20(15(2)32-29-14)13-31-18-6-3-16(4-7-18)11-23(30)28-24-27-12-19(33-24)9-17-5-8-21(25)22(26)10-17/h3-8,10,12H,9,11,13H2,1-2H3,(H,27,28,30). The Morgan fingerprint density at radius 3 is 2.55 bits per heavy atom. The maximum absolute atomic E-state index is 13.4. The molecule has 0 saturated heterocycles. The van der Waals surface area contributed by atoms with Crippen LogP contribution < -0.4 is 10.1 Å². The molecule has 0 saturated carbocycles. The number of hydrogen-bond acceptors (Lipinski definition) is 6. The minimum Gasteiger partial charge on any atom is -0.489 e. The number of rotatable bonds is 8. The number of thiazole rings is 1. The number of aromatic nitrogens is 2. The fraction of sp³-hybridized carbons (Fsp3) is 0.208. The van der Waals surface area contributed by atoms with E-state index in [0.717, 1.165) is 39.6 Å². The molecule has 4 aromatic rings. The van der Waals surface area contributed by atoms with Gasteiger partial charge in [0.05, 0.1) is 17.7 Å². The van der Waals surface area contributed by atoms with Crippen molar-refractivity contribution >= 4 is 22.4 Å². The number of nitrogens with one attached hydrogen (secondary N) is 1. The van der Waals surface area contributed by atoms with Gasteiger partial charge in [0.1, 0.15) is 18.1 Å². The third kappa shape index (κ3) is 5.81. The molecule has 0 bridgehead atoms. The van der Waals surface area contributed by atoms with Crippen LogP contribution >= 0.6 is 11.3 Å². The Hall–Kier alpha value is -3.59. The Bertz CT molecular complexity index is 1250. The van der Waals surface area contributed by atoms with E-state index in [0.29, 0.717) is 29.5 Å². The third-order valence-corrected chi connectivity index (χ3v) is 5.93. The molecule has 0 aliphatic rings. The Balaban J connectivity index is 1.28. The zero-order valence-electron chi connectivity index (χ0n) is 18.0. The molecule has 9 heteroatoms. The molecule has 1 amide bonds. The van der Waals surface area contributed by atoms with Crippen LogP contribution in [0, 0.1) is 25.5 Å². The van der Waals surface area contributed by atoms with Gasteiger partial charge in [-0.1, -0.05) is 23.4 Å². The molecule has 6 nitrogen and oxygen atoms in total. The smallest absolute Gasteiger partial charge is 0.230 e. The van der Waals surface area contributed by atoms with Gasteiger partial charge in [-0.15, -0.1) is 11.3 Å². The summed E-state index contributed by atoms with van der Waals surface area (Å²) in [6.45, 7) is 4.07. The molecule has 0 spiro atoms. The van der Waals surface area contributed by atoms with Gasteiger partial charge in [-0.3, -0.25) is 4.79 Å². The van der Waals surface area contributed by atoms with Crippen LogP contribution in [0.5, 0.6) is 5.75 Å². The first-order valence-electron chi connectivity index (χ1n) is 10.2. The number of carbonyl (C=O) groups is 1. The minimum absolute atomic E-state index is 0.183. The molecule has 0 aliphatic heterocycles. The van der Waals surface area contributed by atoms with Crippen molar-refractivity contribution in [3.8, 4) is 5.75 Å². The Kier molecular flexibility index (Phi) is 6.79. The average Bonchev–Trinajstić information content (AvgIpc) is 3.35. The Morgan fingerprint density at radius 2 is 1.85 bits per heavy atom. The molecule has 0 fully saturated rings. The molecule has 0 atom stereocenters. The molecule has 2 aromatic carbocycles. The number of carbonyl (C=O) groups excluding carboxylic acids is 1. The van der Waals surface area contributed by atoms with Gasteiger partial charge in [0.15, 0.2) is 16.8 Å². The number of halogens is 2. The maximum Gasteiger partial charge on any atom is 0.230 e.